The molecule has 1 aromatic carbocycles. The summed E-state index contributed by atoms with van der Waals surface area (Å²) in [5.74, 6) is 2.11. The molecule has 0 radical (unpaired) electrons. The number of nitrogens with zero attached hydrogens (tertiary/aromatic N) is 1. The van der Waals surface area contributed by atoms with Gasteiger partial charge in [-0.1, -0.05) is 12.1 Å². The number of hydrogen-bond donors (Lipinski definition) is 2. The zero-order chi connectivity index (χ0) is 13.7. The van der Waals surface area contributed by atoms with Crippen molar-refractivity contribution < 1.29 is 9.15 Å². The van der Waals surface area contributed by atoms with Gasteiger partial charge in [0.1, 0.15) is 17.3 Å². The maximum atomic E-state index is 5.62. The Morgan fingerprint density at radius 2 is 2.26 bits per heavy atom. The number of furan rings is 1. The molecule has 1 aromatic heterocycles. The van der Waals surface area contributed by atoms with Gasteiger partial charge in [-0.2, -0.15) is 5.10 Å². The first-order valence-electron chi connectivity index (χ1n) is 5.52. The van der Waals surface area contributed by atoms with Crippen molar-refractivity contribution in [1.82, 2.24) is 5.43 Å². The number of benzene rings is 1. The monoisotopic (exact) mass is 275 g/mol. The molecule has 5 nitrogen and oxygen atoms in total. The Morgan fingerprint density at radius 3 is 3.00 bits per heavy atom. The second-order valence-electron chi connectivity index (χ2n) is 3.67. The van der Waals surface area contributed by atoms with E-state index >= 15 is 0 Å². The summed E-state index contributed by atoms with van der Waals surface area (Å²) in [6, 6.07) is 11.3. The average molecular weight is 275 g/mol. The molecule has 0 unspecified atom stereocenters. The molecule has 1 heterocycles. The molecule has 0 amide bonds. The molecule has 0 fully saturated rings. The van der Waals surface area contributed by atoms with Crippen LogP contribution in [-0.4, -0.2) is 18.4 Å². The molecule has 0 aliphatic carbocycles. The van der Waals surface area contributed by atoms with Gasteiger partial charge in [-0.15, -0.1) is 0 Å². The Balaban J connectivity index is 2.16. The van der Waals surface area contributed by atoms with Crippen LogP contribution in [0.1, 0.15) is 5.76 Å². The van der Waals surface area contributed by atoms with Crippen molar-refractivity contribution in [3.05, 3.63) is 42.2 Å². The number of hydrogen-bond acceptors (Lipinski definition) is 4. The van der Waals surface area contributed by atoms with Gasteiger partial charge in [0.05, 0.1) is 13.3 Å². The van der Waals surface area contributed by atoms with Crippen molar-refractivity contribution in [3.8, 4) is 17.1 Å². The highest BCUT2D eigenvalue weighted by atomic mass is 32.1. The minimum Gasteiger partial charge on any atom is -0.497 e. The average Bonchev–Trinajstić information content (AvgIpc) is 2.87. The van der Waals surface area contributed by atoms with Crippen molar-refractivity contribution in [1.29, 1.82) is 0 Å². The minimum absolute atomic E-state index is 0.107. The predicted molar refractivity (Wildman–Crippen MR) is 78.2 cm³/mol. The summed E-state index contributed by atoms with van der Waals surface area (Å²) in [4.78, 5) is 0. The molecule has 0 atom stereocenters. The van der Waals surface area contributed by atoms with Gasteiger partial charge in [-0.3, -0.25) is 5.43 Å². The maximum Gasteiger partial charge on any atom is 0.184 e. The Morgan fingerprint density at radius 1 is 1.42 bits per heavy atom. The number of nitrogens with one attached hydrogen (secondary N) is 1. The fourth-order valence-electron chi connectivity index (χ4n) is 1.51. The van der Waals surface area contributed by atoms with E-state index in [9.17, 15) is 0 Å². The molecular formula is C13H13N3O2S. The van der Waals surface area contributed by atoms with E-state index in [2.05, 4.69) is 22.7 Å². The van der Waals surface area contributed by atoms with Crippen LogP contribution in [0.5, 0.6) is 5.75 Å². The van der Waals surface area contributed by atoms with Gasteiger partial charge in [0, 0.05) is 5.56 Å². The maximum absolute atomic E-state index is 5.62. The van der Waals surface area contributed by atoms with Gasteiger partial charge in [0.15, 0.2) is 5.11 Å². The molecule has 3 N–H and O–H groups in total. The van der Waals surface area contributed by atoms with Crippen LogP contribution in [0.15, 0.2) is 45.9 Å². The molecule has 0 bridgehead atoms. The molecule has 0 spiro atoms. The first-order chi connectivity index (χ1) is 9.19. The smallest absolute Gasteiger partial charge is 0.184 e. The lowest BCUT2D eigenvalue weighted by atomic mass is 10.2. The van der Waals surface area contributed by atoms with E-state index in [1.807, 2.05) is 30.3 Å². The van der Waals surface area contributed by atoms with Gasteiger partial charge >= 0.3 is 0 Å². The number of thiocarbonyl (C=S) groups is 1. The van der Waals surface area contributed by atoms with Crippen LogP contribution in [-0.2, 0) is 0 Å². The van der Waals surface area contributed by atoms with Crippen LogP contribution in [0, 0.1) is 0 Å². The van der Waals surface area contributed by atoms with Crippen LogP contribution >= 0.6 is 12.2 Å². The molecule has 0 aliphatic rings. The first kappa shape index (κ1) is 13.1. The highest BCUT2D eigenvalue weighted by Gasteiger charge is 2.04. The summed E-state index contributed by atoms with van der Waals surface area (Å²) in [5, 5.41) is 3.93. The van der Waals surface area contributed by atoms with Gasteiger partial charge in [-0.25, -0.2) is 0 Å². The third-order valence-electron chi connectivity index (χ3n) is 2.35. The van der Waals surface area contributed by atoms with E-state index in [-0.39, 0.29) is 5.11 Å². The number of rotatable bonds is 4. The molecule has 2 aromatic rings. The molecule has 98 valence electrons. The van der Waals surface area contributed by atoms with Crippen LogP contribution in [0.2, 0.25) is 0 Å². The standard InChI is InChI=1S/C13H13N3O2S/c1-17-10-4-2-3-9(7-10)12-6-5-11(18-12)8-15-16-13(14)19/h2-8H,1H3,(H3,14,16,19). The first-order valence-corrected chi connectivity index (χ1v) is 5.92. The van der Waals surface area contributed by atoms with Gasteiger partial charge in [0.25, 0.3) is 0 Å². The van der Waals surface area contributed by atoms with Crippen molar-refractivity contribution in [2.24, 2.45) is 10.8 Å². The summed E-state index contributed by atoms with van der Waals surface area (Å²) in [7, 11) is 1.63. The van der Waals surface area contributed by atoms with E-state index in [1.165, 1.54) is 6.21 Å². The molecule has 19 heavy (non-hydrogen) atoms. The Labute approximate surface area is 116 Å². The lowest BCUT2D eigenvalue weighted by molar-refractivity contribution is 0.415. The Hall–Kier alpha value is -2.34. The van der Waals surface area contributed by atoms with Crippen molar-refractivity contribution in [2.45, 2.75) is 0 Å². The molecule has 0 saturated carbocycles. The van der Waals surface area contributed by atoms with Crippen LogP contribution in [0.4, 0.5) is 0 Å². The second-order valence-corrected chi connectivity index (χ2v) is 4.11. The van der Waals surface area contributed by atoms with Gasteiger partial charge < -0.3 is 14.9 Å². The number of hydrazone groups is 1. The molecule has 0 saturated heterocycles. The largest absolute Gasteiger partial charge is 0.497 e. The van der Waals surface area contributed by atoms with Gasteiger partial charge in [0.2, 0.25) is 0 Å². The normalized spacial score (nSPS) is 10.6. The van der Waals surface area contributed by atoms with Crippen LogP contribution < -0.4 is 15.9 Å². The summed E-state index contributed by atoms with van der Waals surface area (Å²) in [5.41, 5.74) is 8.64. The van der Waals surface area contributed by atoms with Crippen molar-refractivity contribution in [3.63, 3.8) is 0 Å². The quantitative estimate of drug-likeness (QED) is 0.508. The minimum atomic E-state index is 0.107. The van der Waals surface area contributed by atoms with Gasteiger partial charge in [-0.05, 0) is 36.5 Å². The summed E-state index contributed by atoms with van der Waals surface area (Å²) >= 11 is 4.63. The Kier molecular flexibility index (Phi) is 4.15. The van der Waals surface area contributed by atoms with E-state index < -0.39 is 0 Å². The fourth-order valence-corrected chi connectivity index (χ4v) is 1.57. The van der Waals surface area contributed by atoms with Crippen LogP contribution in [0.25, 0.3) is 11.3 Å². The van der Waals surface area contributed by atoms with E-state index in [0.717, 1.165) is 17.1 Å². The number of methoxy groups -OCH3 is 1. The second kappa shape index (κ2) is 6.01. The molecule has 0 aliphatic heterocycles. The van der Waals surface area contributed by atoms with E-state index in [0.29, 0.717) is 5.76 Å². The topological polar surface area (TPSA) is 72.8 Å². The zero-order valence-electron chi connectivity index (χ0n) is 10.3. The Bertz CT molecular complexity index is 607. The molecule has 6 heteroatoms. The summed E-state index contributed by atoms with van der Waals surface area (Å²) in [6.45, 7) is 0. The highest BCUT2D eigenvalue weighted by Crippen LogP contribution is 2.25. The SMILES string of the molecule is COc1cccc(-c2ccc(C=NNC(N)=S)o2)c1. The predicted octanol–water partition coefficient (Wildman–Crippen LogP) is 2.12. The third-order valence-corrected chi connectivity index (χ3v) is 2.44. The molecule has 2 rings (SSSR count). The lowest BCUT2D eigenvalue weighted by Gasteiger charge is -2.01. The number of ether oxygens (including phenoxy) is 1. The third kappa shape index (κ3) is 3.56. The summed E-state index contributed by atoms with van der Waals surface area (Å²) in [6.07, 6.45) is 1.50. The molecular weight excluding hydrogens is 262 g/mol. The summed E-state index contributed by atoms with van der Waals surface area (Å²) < 4.78 is 10.8. The zero-order valence-corrected chi connectivity index (χ0v) is 11.1. The van der Waals surface area contributed by atoms with E-state index in [4.69, 9.17) is 14.9 Å². The lowest BCUT2D eigenvalue weighted by Crippen LogP contribution is -2.23. The van der Waals surface area contributed by atoms with Crippen LogP contribution in [0.3, 0.4) is 0 Å². The van der Waals surface area contributed by atoms with Crippen molar-refractivity contribution >= 4 is 23.5 Å². The van der Waals surface area contributed by atoms with E-state index in [1.54, 1.807) is 13.2 Å². The highest BCUT2D eigenvalue weighted by molar-refractivity contribution is 7.80. The number of nitrogens with two attached hydrogens (primary N) is 1. The fraction of sp³-hybridized carbons (Fsp3) is 0.0769. The van der Waals surface area contributed by atoms with Crippen molar-refractivity contribution in [2.75, 3.05) is 7.11 Å².